The molecule has 2 aliphatic rings. The van der Waals surface area contributed by atoms with Gasteiger partial charge in [-0.25, -0.2) is 0 Å². The van der Waals surface area contributed by atoms with Gasteiger partial charge in [0, 0.05) is 21.9 Å². The summed E-state index contributed by atoms with van der Waals surface area (Å²) >= 11 is 0. The van der Waals surface area contributed by atoms with Gasteiger partial charge >= 0.3 is 0 Å². The lowest BCUT2D eigenvalue weighted by Gasteiger charge is -2.36. The van der Waals surface area contributed by atoms with Gasteiger partial charge in [-0.1, -0.05) is 176 Å². The Kier molecular flexibility index (Phi) is 6.29. The molecular formula is C53H33NO. The summed E-state index contributed by atoms with van der Waals surface area (Å²) < 4.78 is 7.03. The molecule has 0 amide bonds. The number of hydrogen-bond donors (Lipinski definition) is 0. The highest BCUT2D eigenvalue weighted by Crippen LogP contribution is 2.65. The molecule has 0 bridgehead atoms. The van der Waals surface area contributed by atoms with Gasteiger partial charge in [0.25, 0.3) is 0 Å². The Balaban J connectivity index is 1.27. The van der Waals surface area contributed by atoms with Crippen molar-refractivity contribution in [3.8, 4) is 33.4 Å². The third-order valence-corrected chi connectivity index (χ3v) is 12.1. The molecule has 0 radical (unpaired) electrons. The third-order valence-electron chi connectivity index (χ3n) is 12.1. The van der Waals surface area contributed by atoms with Crippen LogP contribution >= 0.6 is 0 Å². The molecule has 0 saturated carbocycles. The van der Waals surface area contributed by atoms with Crippen LogP contribution in [0.25, 0.3) is 66.1 Å². The van der Waals surface area contributed by atoms with Crippen LogP contribution in [0.4, 0.5) is 17.1 Å². The first-order valence-corrected chi connectivity index (χ1v) is 19.0. The van der Waals surface area contributed by atoms with Crippen LogP contribution in [0.15, 0.2) is 205 Å². The van der Waals surface area contributed by atoms with Gasteiger partial charge in [0.05, 0.1) is 22.5 Å². The molecule has 12 rings (SSSR count). The van der Waals surface area contributed by atoms with Crippen molar-refractivity contribution in [1.29, 1.82) is 0 Å². The molecule has 1 aromatic heterocycles. The lowest BCUT2D eigenvalue weighted by atomic mass is 9.70. The average Bonchev–Trinajstić information content (AvgIpc) is 3.90. The van der Waals surface area contributed by atoms with E-state index >= 15 is 0 Å². The predicted molar refractivity (Wildman–Crippen MR) is 228 cm³/mol. The average molecular weight is 700 g/mol. The fourth-order valence-electron chi connectivity index (χ4n) is 9.96. The molecule has 0 aliphatic heterocycles. The standard InChI is InChI=1S/C53H33NO/c1-2-17-34(18-3-1)36-20-9-14-30-46(36)54(48-33-35-19-4-5-21-37(35)50-42-25-10-15-32-49(42)55-52(48)50)47-31-16-26-41-40-24-8-13-29-45(40)53(51(41)47)43-27-11-6-22-38(43)39-23-7-12-28-44(39)53/h1-33H. The highest BCUT2D eigenvalue weighted by atomic mass is 16.3. The number of hydrogen-bond acceptors (Lipinski definition) is 2. The summed E-state index contributed by atoms with van der Waals surface area (Å²) in [6, 6.07) is 73.2. The Bertz CT molecular complexity index is 3110. The van der Waals surface area contributed by atoms with Gasteiger partial charge in [-0.2, -0.15) is 0 Å². The van der Waals surface area contributed by atoms with Gasteiger partial charge in [0.15, 0.2) is 5.58 Å². The summed E-state index contributed by atoms with van der Waals surface area (Å²) in [5.41, 5.74) is 17.1. The molecule has 2 nitrogen and oxygen atoms in total. The minimum atomic E-state index is -0.542. The highest BCUT2D eigenvalue weighted by molar-refractivity contribution is 6.23. The van der Waals surface area contributed by atoms with Crippen molar-refractivity contribution in [2.45, 2.75) is 5.41 Å². The van der Waals surface area contributed by atoms with Gasteiger partial charge in [-0.3, -0.25) is 0 Å². The first-order chi connectivity index (χ1) is 27.3. The van der Waals surface area contributed by atoms with E-state index < -0.39 is 5.41 Å². The van der Waals surface area contributed by atoms with Crippen LogP contribution in [0, 0.1) is 0 Å². The largest absolute Gasteiger partial charge is 0.454 e. The molecule has 256 valence electrons. The second-order valence-electron chi connectivity index (χ2n) is 14.7. The summed E-state index contributed by atoms with van der Waals surface area (Å²) in [5, 5.41) is 4.60. The van der Waals surface area contributed by atoms with Crippen LogP contribution in [0.2, 0.25) is 0 Å². The molecule has 1 spiro atoms. The topological polar surface area (TPSA) is 16.4 Å². The van der Waals surface area contributed by atoms with E-state index in [0.29, 0.717) is 0 Å². The van der Waals surface area contributed by atoms with E-state index in [1.54, 1.807) is 0 Å². The number of para-hydroxylation sites is 2. The zero-order chi connectivity index (χ0) is 36.1. The van der Waals surface area contributed by atoms with Crippen LogP contribution in [0.1, 0.15) is 22.3 Å². The molecule has 0 saturated heterocycles. The fourth-order valence-corrected chi connectivity index (χ4v) is 9.96. The van der Waals surface area contributed by atoms with Gasteiger partial charge in [0.2, 0.25) is 0 Å². The molecule has 55 heavy (non-hydrogen) atoms. The van der Waals surface area contributed by atoms with Gasteiger partial charge in [-0.15, -0.1) is 0 Å². The van der Waals surface area contributed by atoms with Gasteiger partial charge in [-0.05, 0) is 79.5 Å². The van der Waals surface area contributed by atoms with Crippen LogP contribution in [0.3, 0.4) is 0 Å². The van der Waals surface area contributed by atoms with Crippen molar-refractivity contribution in [1.82, 2.24) is 0 Å². The molecule has 1 heterocycles. The van der Waals surface area contributed by atoms with E-state index in [1.165, 1.54) is 55.3 Å². The molecular weight excluding hydrogens is 667 g/mol. The maximum Gasteiger partial charge on any atom is 0.160 e. The Morgan fingerprint density at radius 2 is 0.909 bits per heavy atom. The summed E-state index contributed by atoms with van der Waals surface area (Å²) in [5.74, 6) is 0. The van der Waals surface area contributed by atoms with Gasteiger partial charge in [0.1, 0.15) is 5.58 Å². The van der Waals surface area contributed by atoms with E-state index in [2.05, 4.69) is 205 Å². The Morgan fingerprint density at radius 3 is 1.64 bits per heavy atom. The molecule has 0 N–H and O–H groups in total. The van der Waals surface area contributed by atoms with Crippen molar-refractivity contribution in [2.24, 2.45) is 0 Å². The number of fused-ring (bicyclic) bond motifs is 15. The summed E-state index contributed by atoms with van der Waals surface area (Å²) in [6.45, 7) is 0. The molecule has 0 atom stereocenters. The Hall–Kier alpha value is -7.16. The fraction of sp³-hybridized carbons (Fsp3) is 0.0189. The maximum absolute atomic E-state index is 7.03. The van der Waals surface area contributed by atoms with Crippen LogP contribution in [-0.2, 0) is 5.41 Å². The smallest absolute Gasteiger partial charge is 0.160 e. The summed E-state index contributed by atoms with van der Waals surface area (Å²) in [6.07, 6.45) is 0. The molecule has 2 aliphatic carbocycles. The van der Waals surface area contributed by atoms with Crippen molar-refractivity contribution >= 4 is 49.8 Å². The van der Waals surface area contributed by atoms with Crippen molar-refractivity contribution in [2.75, 3.05) is 4.90 Å². The quantitative estimate of drug-likeness (QED) is 0.182. The monoisotopic (exact) mass is 699 g/mol. The normalized spacial score (nSPS) is 13.2. The van der Waals surface area contributed by atoms with E-state index in [0.717, 1.165) is 50.1 Å². The van der Waals surface area contributed by atoms with E-state index in [9.17, 15) is 0 Å². The van der Waals surface area contributed by atoms with Gasteiger partial charge < -0.3 is 9.32 Å². The number of rotatable bonds is 4. The van der Waals surface area contributed by atoms with E-state index in [-0.39, 0.29) is 0 Å². The summed E-state index contributed by atoms with van der Waals surface area (Å²) in [4.78, 5) is 2.51. The lowest BCUT2D eigenvalue weighted by molar-refractivity contribution is 0.669. The zero-order valence-corrected chi connectivity index (χ0v) is 29.9. The number of anilines is 3. The minimum Gasteiger partial charge on any atom is -0.454 e. The van der Waals surface area contributed by atoms with Crippen LogP contribution < -0.4 is 4.90 Å². The number of benzene rings is 9. The van der Waals surface area contributed by atoms with E-state index in [4.69, 9.17) is 4.42 Å². The molecule has 10 aromatic rings. The minimum absolute atomic E-state index is 0.542. The second kappa shape index (κ2) is 11.4. The highest BCUT2D eigenvalue weighted by Gasteiger charge is 2.53. The number of nitrogens with zero attached hydrogens (tertiary/aromatic N) is 1. The SMILES string of the molecule is c1ccc(-c2ccccc2N(c2cccc3c2C2(c4ccccc4-c4ccccc42)c2ccccc2-3)c2cc3ccccc3c3c2oc2ccccc23)cc1. The zero-order valence-electron chi connectivity index (χ0n) is 29.9. The first kappa shape index (κ1) is 30.3. The van der Waals surface area contributed by atoms with Crippen molar-refractivity contribution in [3.63, 3.8) is 0 Å². The number of furan rings is 1. The van der Waals surface area contributed by atoms with Crippen LogP contribution in [0.5, 0.6) is 0 Å². The Morgan fingerprint density at radius 1 is 0.382 bits per heavy atom. The predicted octanol–water partition coefficient (Wildman–Crippen LogP) is 14.2. The second-order valence-corrected chi connectivity index (χ2v) is 14.7. The van der Waals surface area contributed by atoms with Crippen molar-refractivity contribution in [3.05, 3.63) is 222 Å². The van der Waals surface area contributed by atoms with Crippen molar-refractivity contribution < 1.29 is 4.42 Å². The lowest BCUT2D eigenvalue weighted by Crippen LogP contribution is -2.28. The first-order valence-electron chi connectivity index (χ1n) is 19.0. The summed E-state index contributed by atoms with van der Waals surface area (Å²) in [7, 11) is 0. The third kappa shape index (κ3) is 4.03. The molecule has 0 unspecified atom stereocenters. The molecule has 2 heteroatoms. The van der Waals surface area contributed by atoms with Crippen LogP contribution in [-0.4, -0.2) is 0 Å². The molecule has 0 fully saturated rings. The molecule has 9 aromatic carbocycles. The maximum atomic E-state index is 7.03. The Labute approximate surface area is 319 Å². The van der Waals surface area contributed by atoms with E-state index in [1.807, 2.05) is 0 Å².